The van der Waals surface area contributed by atoms with Gasteiger partial charge >= 0.3 is 0 Å². The third-order valence-electron chi connectivity index (χ3n) is 4.75. The topological polar surface area (TPSA) is 71.0 Å². The van der Waals surface area contributed by atoms with E-state index in [9.17, 15) is 5.11 Å². The van der Waals surface area contributed by atoms with Crippen LogP contribution in [0.5, 0.6) is 11.5 Å². The molecule has 0 bridgehead atoms. The molecule has 0 saturated heterocycles. The van der Waals surface area contributed by atoms with Crippen LogP contribution in [0.4, 0.5) is 0 Å². The average Bonchev–Trinajstić information content (AvgIpc) is 3.36. The minimum absolute atomic E-state index is 0.0891. The molecule has 2 aromatic heterocycles. The van der Waals surface area contributed by atoms with Crippen molar-refractivity contribution >= 4 is 34.5 Å². The maximum Gasteiger partial charge on any atom is 0.128 e. The number of thiazole rings is 1. The molecule has 30 heavy (non-hydrogen) atoms. The highest BCUT2D eigenvalue weighted by Gasteiger charge is 2.19. The van der Waals surface area contributed by atoms with Gasteiger partial charge in [-0.2, -0.15) is 5.10 Å². The Morgan fingerprint density at radius 3 is 2.60 bits per heavy atom. The number of aryl methyl sites for hydroxylation is 2. The maximum atomic E-state index is 10.8. The SMILES string of the molecule is CCc1cc(-c2[nH]ncc2-c2nc(C)cs2)c(O)cc1OCc1c(Cl)cccc1Cl. The lowest BCUT2D eigenvalue weighted by atomic mass is 10.0. The third-order valence-corrected chi connectivity index (χ3v) is 6.45. The molecule has 5 nitrogen and oxygen atoms in total. The van der Waals surface area contributed by atoms with Crippen molar-refractivity contribution in [1.29, 1.82) is 0 Å². The van der Waals surface area contributed by atoms with Crippen LogP contribution in [0.2, 0.25) is 10.0 Å². The molecule has 0 saturated carbocycles. The molecule has 2 N–H and O–H groups in total. The zero-order valence-corrected chi connectivity index (χ0v) is 18.7. The minimum atomic E-state index is 0.0891. The quantitative estimate of drug-likeness (QED) is 0.338. The predicted octanol–water partition coefficient (Wildman–Crippen LogP) is 6.66. The summed E-state index contributed by atoms with van der Waals surface area (Å²) < 4.78 is 5.98. The molecule has 0 unspecified atom stereocenters. The number of hydrogen-bond donors (Lipinski definition) is 2. The number of phenolic OH excluding ortho intramolecular Hbond substituents is 1. The molecule has 0 atom stereocenters. The number of benzene rings is 2. The van der Waals surface area contributed by atoms with Crippen molar-refractivity contribution in [3.63, 3.8) is 0 Å². The van der Waals surface area contributed by atoms with Crippen LogP contribution >= 0.6 is 34.5 Å². The number of nitrogens with zero attached hydrogens (tertiary/aromatic N) is 2. The van der Waals surface area contributed by atoms with Crippen LogP contribution in [0.3, 0.4) is 0 Å². The van der Waals surface area contributed by atoms with Gasteiger partial charge in [0.05, 0.1) is 17.5 Å². The zero-order chi connectivity index (χ0) is 21.3. The standard InChI is InChI=1S/C22H19Cl2N3O2S/c1-3-13-7-14(21-15(9-25-27-21)22-26-12(2)11-30-22)19(28)8-20(13)29-10-16-17(23)5-4-6-18(16)24/h4-9,11,28H,3,10H2,1-2H3,(H,25,27). The molecule has 2 heterocycles. The second kappa shape index (κ2) is 8.68. The van der Waals surface area contributed by atoms with E-state index in [1.54, 1.807) is 41.8 Å². The summed E-state index contributed by atoms with van der Waals surface area (Å²) in [7, 11) is 0. The molecule has 4 aromatic rings. The van der Waals surface area contributed by atoms with E-state index in [2.05, 4.69) is 15.2 Å². The lowest BCUT2D eigenvalue weighted by Crippen LogP contribution is -2.00. The molecule has 0 aliphatic carbocycles. The molecule has 8 heteroatoms. The van der Waals surface area contributed by atoms with Crippen LogP contribution < -0.4 is 4.74 Å². The number of aromatic nitrogens is 3. The van der Waals surface area contributed by atoms with E-state index in [4.69, 9.17) is 27.9 Å². The van der Waals surface area contributed by atoms with Crippen LogP contribution in [0.25, 0.3) is 21.8 Å². The highest BCUT2D eigenvalue weighted by atomic mass is 35.5. The number of aromatic amines is 1. The maximum absolute atomic E-state index is 10.8. The van der Waals surface area contributed by atoms with Crippen molar-refractivity contribution < 1.29 is 9.84 Å². The molecule has 2 aromatic carbocycles. The Balaban J connectivity index is 1.68. The van der Waals surface area contributed by atoms with Crippen molar-refractivity contribution in [2.45, 2.75) is 26.9 Å². The summed E-state index contributed by atoms with van der Waals surface area (Å²) in [5.74, 6) is 0.673. The van der Waals surface area contributed by atoms with Gasteiger partial charge in [-0.15, -0.1) is 11.3 Å². The molecule has 0 aliphatic heterocycles. The Morgan fingerprint density at radius 2 is 1.93 bits per heavy atom. The van der Waals surface area contributed by atoms with Crippen LogP contribution in [0, 0.1) is 6.92 Å². The smallest absolute Gasteiger partial charge is 0.128 e. The summed E-state index contributed by atoms with van der Waals surface area (Å²) in [6.07, 6.45) is 2.45. The summed E-state index contributed by atoms with van der Waals surface area (Å²) in [6.45, 7) is 4.19. The summed E-state index contributed by atoms with van der Waals surface area (Å²) >= 11 is 14.0. The van der Waals surface area contributed by atoms with Crippen molar-refractivity contribution in [3.05, 3.63) is 68.8 Å². The van der Waals surface area contributed by atoms with Crippen molar-refractivity contribution in [2.75, 3.05) is 0 Å². The highest BCUT2D eigenvalue weighted by molar-refractivity contribution is 7.13. The first kappa shape index (κ1) is 20.7. The summed E-state index contributed by atoms with van der Waals surface area (Å²) in [5.41, 5.74) is 4.82. The zero-order valence-electron chi connectivity index (χ0n) is 16.4. The van der Waals surface area contributed by atoms with E-state index in [-0.39, 0.29) is 12.4 Å². The fourth-order valence-electron chi connectivity index (χ4n) is 3.18. The number of ether oxygens (including phenoxy) is 1. The van der Waals surface area contributed by atoms with Gasteiger partial charge in [-0.1, -0.05) is 36.2 Å². The molecule has 4 rings (SSSR count). The Morgan fingerprint density at radius 1 is 1.17 bits per heavy atom. The van der Waals surface area contributed by atoms with Gasteiger partial charge in [0.2, 0.25) is 0 Å². The second-order valence-electron chi connectivity index (χ2n) is 6.77. The molecule has 0 amide bonds. The molecular formula is C22H19Cl2N3O2S. The third kappa shape index (κ3) is 4.03. The Labute approximate surface area is 188 Å². The van der Waals surface area contributed by atoms with Gasteiger partial charge in [0.15, 0.2) is 0 Å². The summed E-state index contributed by atoms with van der Waals surface area (Å²) in [4.78, 5) is 4.54. The minimum Gasteiger partial charge on any atom is -0.507 e. The largest absolute Gasteiger partial charge is 0.507 e. The van der Waals surface area contributed by atoms with E-state index < -0.39 is 0 Å². The van der Waals surface area contributed by atoms with Crippen molar-refractivity contribution in [3.8, 4) is 33.3 Å². The first-order valence-electron chi connectivity index (χ1n) is 9.35. The number of hydrogen-bond acceptors (Lipinski definition) is 5. The predicted molar refractivity (Wildman–Crippen MR) is 122 cm³/mol. The number of nitrogens with one attached hydrogen (secondary N) is 1. The second-order valence-corrected chi connectivity index (χ2v) is 8.44. The monoisotopic (exact) mass is 459 g/mol. The Kier molecular flexibility index (Phi) is 5.99. The first-order chi connectivity index (χ1) is 14.5. The molecule has 0 aliphatic rings. The van der Waals surface area contributed by atoms with E-state index >= 15 is 0 Å². The van der Waals surface area contributed by atoms with E-state index in [1.165, 1.54) is 0 Å². The van der Waals surface area contributed by atoms with Gasteiger partial charge in [-0.25, -0.2) is 4.98 Å². The number of rotatable bonds is 6. The van der Waals surface area contributed by atoms with Gasteiger partial charge in [-0.3, -0.25) is 5.10 Å². The normalized spacial score (nSPS) is 11.1. The van der Waals surface area contributed by atoms with E-state index in [0.717, 1.165) is 33.9 Å². The van der Waals surface area contributed by atoms with Gasteiger partial charge in [-0.05, 0) is 37.1 Å². The van der Waals surface area contributed by atoms with Crippen LogP contribution in [0.15, 0.2) is 41.9 Å². The number of aromatic hydroxyl groups is 1. The van der Waals surface area contributed by atoms with Crippen molar-refractivity contribution in [2.24, 2.45) is 0 Å². The summed E-state index contributed by atoms with van der Waals surface area (Å²) in [6, 6.07) is 8.87. The molecular weight excluding hydrogens is 441 g/mol. The molecule has 0 fully saturated rings. The first-order valence-corrected chi connectivity index (χ1v) is 11.0. The number of H-pyrrole nitrogens is 1. The van der Waals surface area contributed by atoms with Gasteiger partial charge in [0.1, 0.15) is 23.1 Å². The Hall–Kier alpha value is -2.54. The summed E-state index contributed by atoms with van der Waals surface area (Å²) in [5, 5.41) is 21.9. The molecule has 0 radical (unpaired) electrons. The van der Waals surface area contributed by atoms with Gasteiger partial charge in [0, 0.05) is 38.3 Å². The molecule has 154 valence electrons. The molecule has 0 spiro atoms. The fourth-order valence-corrected chi connectivity index (χ4v) is 4.50. The fraction of sp³-hybridized carbons (Fsp3) is 0.182. The van der Waals surface area contributed by atoms with Crippen LogP contribution in [-0.4, -0.2) is 20.3 Å². The lowest BCUT2D eigenvalue weighted by molar-refractivity contribution is 0.301. The number of halogens is 2. The van der Waals surface area contributed by atoms with Crippen LogP contribution in [0.1, 0.15) is 23.7 Å². The highest BCUT2D eigenvalue weighted by Crippen LogP contribution is 2.40. The Bertz CT molecular complexity index is 1180. The number of phenols is 1. The van der Waals surface area contributed by atoms with Gasteiger partial charge in [0.25, 0.3) is 0 Å². The average molecular weight is 460 g/mol. The van der Waals surface area contributed by atoms with Crippen molar-refractivity contribution in [1.82, 2.24) is 15.2 Å². The van der Waals surface area contributed by atoms with E-state index in [1.807, 2.05) is 25.3 Å². The van der Waals surface area contributed by atoms with Crippen LogP contribution in [-0.2, 0) is 13.0 Å². The van der Waals surface area contributed by atoms with E-state index in [0.29, 0.717) is 26.9 Å². The van der Waals surface area contributed by atoms with Gasteiger partial charge < -0.3 is 9.84 Å². The lowest BCUT2D eigenvalue weighted by Gasteiger charge is -2.15.